The smallest absolute Gasteiger partial charge is 0.0216 e. The molecule has 1 atom stereocenters. The summed E-state index contributed by atoms with van der Waals surface area (Å²) in [6, 6.07) is 2.38. The van der Waals surface area contributed by atoms with Gasteiger partial charge in [-0.25, -0.2) is 0 Å². The standard InChI is InChI=1S/C11H17NS/c1-3-8-6-12-7-9-5-10(4-2)13-11(8)9/h5,8,12H,3-4,6-7H2,1-2H3. The lowest BCUT2D eigenvalue weighted by molar-refractivity contribution is 0.540. The Bertz CT molecular complexity index is 290. The van der Waals surface area contributed by atoms with Crippen molar-refractivity contribution < 1.29 is 0 Å². The average molecular weight is 195 g/mol. The van der Waals surface area contributed by atoms with Crippen LogP contribution in [0.15, 0.2) is 6.07 Å². The summed E-state index contributed by atoms with van der Waals surface area (Å²) >= 11 is 2.03. The predicted molar refractivity (Wildman–Crippen MR) is 58.4 cm³/mol. The first kappa shape index (κ1) is 9.22. The summed E-state index contributed by atoms with van der Waals surface area (Å²) < 4.78 is 0. The van der Waals surface area contributed by atoms with Gasteiger partial charge in [0.25, 0.3) is 0 Å². The van der Waals surface area contributed by atoms with E-state index in [1.54, 1.807) is 15.3 Å². The van der Waals surface area contributed by atoms with Crippen LogP contribution >= 0.6 is 11.3 Å². The molecule has 72 valence electrons. The molecule has 1 aromatic rings. The number of hydrogen-bond acceptors (Lipinski definition) is 2. The average Bonchev–Trinajstić information content (AvgIpc) is 2.59. The van der Waals surface area contributed by atoms with Gasteiger partial charge in [-0.1, -0.05) is 13.8 Å². The van der Waals surface area contributed by atoms with Crippen LogP contribution in [0, 0.1) is 0 Å². The fourth-order valence-corrected chi connectivity index (χ4v) is 3.27. The molecule has 1 nitrogen and oxygen atoms in total. The maximum absolute atomic E-state index is 3.49. The molecule has 2 rings (SSSR count). The first-order valence-corrected chi connectivity index (χ1v) is 5.99. The Hall–Kier alpha value is -0.340. The van der Waals surface area contributed by atoms with Crippen molar-refractivity contribution in [2.75, 3.05) is 6.54 Å². The van der Waals surface area contributed by atoms with Crippen molar-refractivity contribution in [3.05, 3.63) is 21.4 Å². The molecule has 1 aliphatic rings. The van der Waals surface area contributed by atoms with Crippen LogP contribution in [0.1, 0.15) is 41.5 Å². The maximum Gasteiger partial charge on any atom is 0.0216 e. The molecule has 2 heteroatoms. The lowest BCUT2D eigenvalue weighted by Gasteiger charge is -2.21. The minimum absolute atomic E-state index is 0.772. The third-order valence-electron chi connectivity index (χ3n) is 2.81. The Kier molecular flexibility index (Phi) is 2.70. The summed E-state index contributed by atoms with van der Waals surface area (Å²) in [6.07, 6.45) is 2.46. The molecule has 0 aliphatic carbocycles. The molecule has 0 aromatic carbocycles. The van der Waals surface area contributed by atoms with Crippen molar-refractivity contribution in [3.63, 3.8) is 0 Å². The summed E-state index contributed by atoms with van der Waals surface area (Å²) in [6.45, 7) is 6.79. The van der Waals surface area contributed by atoms with Gasteiger partial charge in [0.2, 0.25) is 0 Å². The number of rotatable bonds is 2. The van der Waals surface area contributed by atoms with Crippen LogP contribution < -0.4 is 5.32 Å². The van der Waals surface area contributed by atoms with Crippen molar-refractivity contribution in [1.82, 2.24) is 5.32 Å². The maximum atomic E-state index is 3.49. The van der Waals surface area contributed by atoms with Crippen LogP contribution in [-0.4, -0.2) is 6.54 Å². The van der Waals surface area contributed by atoms with E-state index in [1.165, 1.54) is 19.4 Å². The molecule has 0 fully saturated rings. The summed E-state index contributed by atoms with van der Waals surface area (Å²) in [5.41, 5.74) is 1.56. The van der Waals surface area contributed by atoms with Crippen LogP contribution in [0.2, 0.25) is 0 Å². The van der Waals surface area contributed by atoms with Gasteiger partial charge in [-0.15, -0.1) is 11.3 Å². The van der Waals surface area contributed by atoms with E-state index in [9.17, 15) is 0 Å². The highest BCUT2D eigenvalue weighted by atomic mass is 32.1. The molecular formula is C11H17NS. The van der Waals surface area contributed by atoms with Crippen molar-refractivity contribution >= 4 is 11.3 Å². The zero-order valence-corrected chi connectivity index (χ0v) is 9.21. The van der Waals surface area contributed by atoms with E-state index in [4.69, 9.17) is 0 Å². The van der Waals surface area contributed by atoms with Gasteiger partial charge in [-0.05, 0) is 24.5 Å². The fourth-order valence-electron chi connectivity index (χ4n) is 1.96. The number of aryl methyl sites for hydroxylation is 1. The second-order valence-corrected chi connectivity index (χ2v) is 4.86. The van der Waals surface area contributed by atoms with E-state index >= 15 is 0 Å². The molecule has 0 saturated heterocycles. The summed E-state index contributed by atoms with van der Waals surface area (Å²) in [5.74, 6) is 0.772. The Labute approximate surface area is 84.2 Å². The number of thiophene rings is 1. The van der Waals surface area contributed by atoms with E-state index < -0.39 is 0 Å². The predicted octanol–water partition coefficient (Wildman–Crippen LogP) is 2.91. The van der Waals surface area contributed by atoms with Gasteiger partial charge in [0.1, 0.15) is 0 Å². The van der Waals surface area contributed by atoms with Gasteiger partial charge in [0, 0.05) is 28.8 Å². The van der Waals surface area contributed by atoms with Crippen molar-refractivity contribution in [3.8, 4) is 0 Å². The van der Waals surface area contributed by atoms with E-state index in [-0.39, 0.29) is 0 Å². The van der Waals surface area contributed by atoms with Gasteiger partial charge in [-0.2, -0.15) is 0 Å². The molecule has 1 aliphatic heterocycles. The molecule has 1 unspecified atom stereocenters. The third kappa shape index (κ3) is 1.65. The van der Waals surface area contributed by atoms with Crippen molar-refractivity contribution in [2.45, 2.75) is 39.2 Å². The minimum Gasteiger partial charge on any atom is -0.312 e. The van der Waals surface area contributed by atoms with Crippen LogP contribution in [-0.2, 0) is 13.0 Å². The van der Waals surface area contributed by atoms with E-state index in [0.717, 1.165) is 12.5 Å². The summed E-state index contributed by atoms with van der Waals surface area (Å²) in [4.78, 5) is 3.20. The molecule has 1 N–H and O–H groups in total. The number of hydrogen-bond donors (Lipinski definition) is 1. The van der Waals surface area contributed by atoms with E-state index in [1.807, 2.05) is 11.3 Å². The van der Waals surface area contributed by atoms with Crippen LogP contribution in [0.4, 0.5) is 0 Å². The fraction of sp³-hybridized carbons (Fsp3) is 0.636. The molecule has 1 aromatic heterocycles. The molecule has 0 bridgehead atoms. The van der Waals surface area contributed by atoms with Crippen LogP contribution in [0.5, 0.6) is 0 Å². The van der Waals surface area contributed by atoms with Crippen LogP contribution in [0.3, 0.4) is 0 Å². The largest absolute Gasteiger partial charge is 0.312 e. The van der Waals surface area contributed by atoms with Crippen molar-refractivity contribution in [1.29, 1.82) is 0 Å². The molecule has 0 spiro atoms. The monoisotopic (exact) mass is 195 g/mol. The van der Waals surface area contributed by atoms with Gasteiger partial charge in [0.05, 0.1) is 0 Å². The van der Waals surface area contributed by atoms with Crippen LogP contribution in [0.25, 0.3) is 0 Å². The Morgan fingerprint density at radius 3 is 3.08 bits per heavy atom. The summed E-state index contributed by atoms with van der Waals surface area (Å²) in [7, 11) is 0. The first-order valence-electron chi connectivity index (χ1n) is 5.17. The van der Waals surface area contributed by atoms with Gasteiger partial charge >= 0.3 is 0 Å². The number of fused-ring (bicyclic) bond motifs is 1. The molecule has 0 amide bonds. The normalized spacial score (nSPS) is 21.5. The Morgan fingerprint density at radius 2 is 2.38 bits per heavy atom. The second-order valence-electron chi connectivity index (χ2n) is 3.69. The summed E-state index contributed by atoms with van der Waals surface area (Å²) in [5, 5.41) is 3.49. The number of nitrogens with one attached hydrogen (secondary N) is 1. The molecule has 13 heavy (non-hydrogen) atoms. The highest BCUT2D eigenvalue weighted by molar-refractivity contribution is 7.12. The Balaban J connectivity index is 2.32. The lowest BCUT2D eigenvalue weighted by atomic mass is 9.97. The molecular weight excluding hydrogens is 178 g/mol. The highest BCUT2D eigenvalue weighted by Gasteiger charge is 2.20. The minimum atomic E-state index is 0.772. The quantitative estimate of drug-likeness (QED) is 0.765. The highest BCUT2D eigenvalue weighted by Crippen LogP contribution is 2.34. The molecule has 0 saturated carbocycles. The topological polar surface area (TPSA) is 12.0 Å². The molecule has 2 heterocycles. The Morgan fingerprint density at radius 1 is 1.54 bits per heavy atom. The van der Waals surface area contributed by atoms with Gasteiger partial charge in [-0.3, -0.25) is 0 Å². The zero-order valence-electron chi connectivity index (χ0n) is 8.39. The first-order chi connectivity index (χ1) is 6.35. The SMILES string of the molecule is CCc1cc2c(s1)C(CC)CNC2. The van der Waals surface area contributed by atoms with Gasteiger partial charge in [0.15, 0.2) is 0 Å². The van der Waals surface area contributed by atoms with E-state index in [2.05, 4.69) is 25.2 Å². The van der Waals surface area contributed by atoms with E-state index in [0.29, 0.717) is 0 Å². The van der Waals surface area contributed by atoms with Crippen molar-refractivity contribution in [2.24, 2.45) is 0 Å². The lowest BCUT2D eigenvalue weighted by Crippen LogP contribution is -2.26. The van der Waals surface area contributed by atoms with Gasteiger partial charge < -0.3 is 5.32 Å². The second kappa shape index (κ2) is 3.81. The zero-order chi connectivity index (χ0) is 9.26. The molecule has 0 radical (unpaired) electrons. The third-order valence-corrected chi connectivity index (χ3v) is 4.30.